The maximum absolute atomic E-state index is 10.4. The summed E-state index contributed by atoms with van der Waals surface area (Å²) < 4.78 is 0. The molecule has 1 saturated carbocycles. The first kappa shape index (κ1) is 18.7. The van der Waals surface area contributed by atoms with E-state index in [0.29, 0.717) is 11.8 Å². The van der Waals surface area contributed by atoms with E-state index in [0.717, 1.165) is 19.3 Å². The first-order valence-electron chi connectivity index (χ1n) is 8.94. The Kier molecular flexibility index (Phi) is 5.16. The van der Waals surface area contributed by atoms with E-state index in [1.165, 1.54) is 18.4 Å². The maximum atomic E-state index is 10.4. The van der Waals surface area contributed by atoms with Crippen LogP contribution in [0, 0.1) is 22.7 Å². The maximum Gasteiger partial charge on any atom is 0.111 e. The number of rotatable bonds is 5. The van der Waals surface area contributed by atoms with Crippen molar-refractivity contribution in [3.8, 4) is 0 Å². The van der Waals surface area contributed by atoms with Gasteiger partial charge < -0.3 is 5.11 Å². The molecular weight excluding hydrogens is 288 g/mol. The lowest BCUT2D eigenvalue weighted by molar-refractivity contribution is -0.276. The van der Waals surface area contributed by atoms with E-state index < -0.39 is 5.60 Å². The number of fused-ring (bicyclic) bond motifs is 1. The van der Waals surface area contributed by atoms with Crippen LogP contribution in [0.1, 0.15) is 66.7 Å². The van der Waals surface area contributed by atoms with Gasteiger partial charge in [-0.15, -0.1) is 6.58 Å². The van der Waals surface area contributed by atoms with Gasteiger partial charge in [0.1, 0.15) is 6.10 Å². The fourth-order valence-corrected chi connectivity index (χ4v) is 4.98. The van der Waals surface area contributed by atoms with Crippen LogP contribution in [0.5, 0.6) is 0 Å². The van der Waals surface area contributed by atoms with Gasteiger partial charge in [-0.3, -0.25) is 5.26 Å². The van der Waals surface area contributed by atoms with Gasteiger partial charge in [-0.05, 0) is 68.6 Å². The summed E-state index contributed by atoms with van der Waals surface area (Å²) in [4.78, 5) is 4.71. The van der Waals surface area contributed by atoms with Crippen molar-refractivity contribution in [2.75, 3.05) is 0 Å². The van der Waals surface area contributed by atoms with E-state index in [1.54, 1.807) is 6.08 Å². The van der Waals surface area contributed by atoms with Crippen LogP contribution in [0.25, 0.3) is 0 Å². The number of hydrogen-bond acceptors (Lipinski definition) is 3. The third-order valence-electron chi connectivity index (χ3n) is 7.34. The number of allylic oxidation sites excluding steroid dienone is 1. The first-order valence-corrected chi connectivity index (χ1v) is 8.94. The lowest BCUT2D eigenvalue weighted by Gasteiger charge is -2.59. The number of aliphatic hydroxyl groups is 1. The van der Waals surface area contributed by atoms with Crippen LogP contribution in [0.4, 0.5) is 0 Å². The minimum atomic E-state index is -0.816. The SMILES string of the molecule is C=C[C@](C)(O)CC[C@@]1(C)[C@H](C)CC[C@@]2(C)C(C)=C[C@@H](OO)C[C@H]12. The normalized spacial score (nSPS) is 43.3. The largest absolute Gasteiger partial charge is 0.386 e. The molecule has 0 bridgehead atoms. The van der Waals surface area contributed by atoms with Crippen LogP contribution in [0.15, 0.2) is 24.3 Å². The molecule has 6 atom stereocenters. The molecule has 0 aromatic rings. The molecule has 0 spiro atoms. The Balaban J connectivity index is 2.33. The van der Waals surface area contributed by atoms with E-state index in [9.17, 15) is 10.4 Å². The predicted octanol–water partition coefficient (Wildman–Crippen LogP) is 4.97. The van der Waals surface area contributed by atoms with E-state index in [-0.39, 0.29) is 16.9 Å². The summed E-state index contributed by atoms with van der Waals surface area (Å²) in [5, 5.41) is 19.6. The second kappa shape index (κ2) is 6.34. The summed E-state index contributed by atoms with van der Waals surface area (Å²) in [5.74, 6) is 1.04. The topological polar surface area (TPSA) is 49.7 Å². The van der Waals surface area contributed by atoms with Gasteiger partial charge in [0, 0.05) is 0 Å². The summed E-state index contributed by atoms with van der Waals surface area (Å²) in [6.45, 7) is 14.8. The third kappa shape index (κ3) is 3.29. The second-order valence-corrected chi connectivity index (χ2v) is 8.71. The van der Waals surface area contributed by atoms with Crippen LogP contribution in [-0.2, 0) is 4.89 Å². The summed E-state index contributed by atoms with van der Waals surface area (Å²) in [7, 11) is 0. The highest BCUT2D eigenvalue weighted by Gasteiger charge is 2.54. The average Bonchev–Trinajstić information content (AvgIpc) is 2.52. The Morgan fingerprint density at radius 1 is 1.48 bits per heavy atom. The van der Waals surface area contributed by atoms with Gasteiger partial charge in [-0.2, -0.15) is 0 Å². The zero-order valence-electron chi connectivity index (χ0n) is 15.4. The molecule has 0 aliphatic heterocycles. The van der Waals surface area contributed by atoms with Crippen LogP contribution in [0.3, 0.4) is 0 Å². The summed E-state index contributed by atoms with van der Waals surface area (Å²) in [5.41, 5.74) is 0.799. The second-order valence-electron chi connectivity index (χ2n) is 8.71. The molecule has 0 unspecified atom stereocenters. The van der Waals surface area contributed by atoms with Gasteiger partial charge in [0.05, 0.1) is 5.60 Å². The van der Waals surface area contributed by atoms with Crippen molar-refractivity contribution in [1.82, 2.24) is 0 Å². The van der Waals surface area contributed by atoms with Crippen LogP contribution in [0.2, 0.25) is 0 Å². The number of hydrogen-bond donors (Lipinski definition) is 2. The van der Waals surface area contributed by atoms with Crippen LogP contribution < -0.4 is 0 Å². The molecule has 0 heterocycles. The zero-order chi connectivity index (χ0) is 17.5. The van der Waals surface area contributed by atoms with Crippen molar-refractivity contribution in [3.63, 3.8) is 0 Å². The fraction of sp³-hybridized carbons (Fsp3) is 0.800. The molecule has 2 N–H and O–H groups in total. The molecule has 0 aromatic carbocycles. The predicted molar refractivity (Wildman–Crippen MR) is 94.0 cm³/mol. The standard InChI is InChI=1S/C20H34O3/c1-7-18(4,21)10-11-20(6)14(2)8-9-19(5)15(3)12-16(23-22)13-17(19)20/h7,12,14,16-17,21-22H,1,8-11,13H2,2-6H3/t14-,16-,17+,18+,19+,20+/m1/s1. The van der Waals surface area contributed by atoms with Crippen molar-refractivity contribution >= 4 is 0 Å². The lowest BCUT2D eigenvalue weighted by Crippen LogP contribution is -2.52. The highest BCUT2D eigenvalue weighted by molar-refractivity contribution is 5.23. The smallest absolute Gasteiger partial charge is 0.111 e. The Morgan fingerprint density at radius 2 is 2.13 bits per heavy atom. The van der Waals surface area contributed by atoms with Crippen molar-refractivity contribution < 1.29 is 15.3 Å². The van der Waals surface area contributed by atoms with Gasteiger partial charge in [0.25, 0.3) is 0 Å². The van der Waals surface area contributed by atoms with E-state index in [1.807, 2.05) is 6.92 Å². The molecule has 1 fully saturated rings. The Morgan fingerprint density at radius 3 is 2.70 bits per heavy atom. The first-order chi connectivity index (χ1) is 10.6. The molecular formula is C20H34O3. The molecule has 2 aliphatic carbocycles. The Bertz CT molecular complexity index is 481. The zero-order valence-corrected chi connectivity index (χ0v) is 15.4. The van der Waals surface area contributed by atoms with Gasteiger partial charge in [0.2, 0.25) is 0 Å². The van der Waals surface area contributed by atoms with Crippen molar-refractivity contribution in [1.29, 1.82) is 0 Å². The molecule has 23 heavy (non-hydrogen) atoms. The molecule has 132 valence electrons. The molecule has 0 radical (unpaired) electrons. The molecule has 0 aromatic heterocycles. The lowest BCUT2D eigenvalue weighted by atomic mass is 9.46. The monoisotopic (exact) mass is 322 g/mol. The van der Waals surface area contributed by atoms with Crippen molar-refractivity contribution in [3.05, 3.63) is 24.3 Å². The molecule has 0 saturated heterocycles. The van der Waals surface area contributed by atoms with Crippen molar-refractivity contribution in [2.45, 2.75) is 78.4 Å². The minimum absolute atomic E-state index is 0.117. The van der Waals surface area contributed by atoms with Crippen LogP contribution in [-0.4, -0.2) is 22.1 Å². The van der Waals surface area contributed by atoms with Crippen molar-refractivity contribution in [2.24, 2.45) is 22.7 Å². The molecule has 2 rings (SSSR count). The highest BCUT2D eigenvalue weighted by atomic mass is 17.1. The Hall–Kier alpha value is -0.640. The summed E-state index contributed by atoms with van der Waals surface area (Å²) in [6.07, 6.45) is 8.44. The minimum Gasteiger partial charge on any atom is -0.386 e. The highest BCUT2D eigenvalue weighted by Crippen LogP contribution is 2.62. The van der Waals surface area contributed by atoms with Gasteiger partial charge in [-0.1, -0.05) is 38.5 Å². The molecule has 2 aliphatic rings. The third-order valence-corrected chi connectivity index (χ3v) is 7.34. The van der Waals surface area contributed by atoms with E-state index in [4.69, 9.17) is 4.89 Å². The van der Waals surface area contributed by atoms with E-state index in [2.05, 4.69) is 40.3 Å². The fourth-order valence-electron chi connectivity index (χ4n) is 4.98. The van der Waals surface area contributed by atoms with Gasteiger partial charge in [-0.25, -0.2) is 4.89 Å². The molecule has 3 nitrogen and oxygen atoms in total. The van der Waals surface area contributed by atoms with Crippen LogP contribution >= 0.6 is 0 Å². The summed E-state index contributed by atoms with van der Waals surface area (Å²) in [6, 6.07) is 0. The quantitative estimate of drug-likeness (QED) is 0.427. The van der Waals surface area contributed by atoms with Gasteiger partial charge >= 0.3 is 0 Å². The van der Waals surface area contributed by atoms with E-state index >= 15 is 0 Å². The average molecular weight is 322 g/mol. The molecule has 3 heteroatoms. The van der Waals surface area contributed by atoms with Gasteiger partial charge in [0.15, 0.2) is 0 Å². The summed E-state index contributed by atoms with van der Waals surface area (Å²) >= 11 is 0. The molecule has 0 amide bonds. The Labute approximate surface area is 141 Å².